The topological polar surface area (TPSA) is 30.0 Å². The molecule has 0 aliphatic rings. The van der Waals surface area contributed by atoms with E-state index in [0.717, 1.165) is 24.0 Å². The zero-order valence-electron chi connectivity index (χ0n) is 12.0. The van der Waals surface area contributed by atoms with Crippen molar-refractivity contribution in [3.05, 3.63) is 29.1 Å². The molecule has 1 aromatic rings. The molecule has 0 aromatic carbocycles. The molecule has 0 bridgehead atoms. The minimum absolute atomic E-state index is 0.197. The Morgan fingerprint density at radius 1 is 1.11 bits per heavy atom. The van der Waals surface area contributed by atoms with E-state index in [1.54, 1.807) is 6.20 Å². The standard InChI is InChI=1S/C16H25NO/c1-4-5-6-7-8-9-10-15(18)16-14(3)11-13(2)12-17-16/h11-12H,4-10H2,1-3H3. The molecule has 2 heteroatoms. The van der Waals surface area contributed by atoms with Crippen LogP contribution < -0.4 is 0 Å². The fraction of sp³-hybridized carbons (Fsp3) is 0.625. The van der Waals surface area contributed by atoms with E-state index >= 15 is 0 Å². The average molecular weight is 247 g/mol. The number of hydrogen-bond donors (Lipinski definition) is 0. The number of carbonyl (C=O) groups is 1. The highest BCUT2D eigenvalue weighted by Crippen LogP contribution is 2.13. The van der Waals surface area contributed by atoms with Crippen LogP contribution in [0, 0.1) is 13.8 Å². The summed E-state index contributed by atoms with van der Waals surface area (Å²) in [5.41, 5.74) is 2.78. The van der Waals surface area contributed by atoms with Gasteiger partial charge in [-0.2, -0.15) is 0 Å². The summed E-state index contributed by atoms with van der Waals surface area (Å²) in [6, 6.07) is 2.03. The number of aromatic nitrogens is 1. The van der Waals surface area contributed by atoms with Gasteiger partial charge >= 0.3 is 0 Å². The lowest BCUT2D eigenvalue weighted by Crippen LogP contribution is -2.05. The molecule has 1 aromatic heterocycles. The van der Waals surface area contributed by atoms with Crippen molar-refractivity contribution in [1.82, 2.24) is 4.98 Å². The lowest BCUT2D eigenvalue weighted by atomic mass is 10.0. The number of aryl methyl sites for hydroxylation is 2. The van der Waals surface area contributed by atoms with Crippen molar-refractivity contribution in [2.75, 3.05) is 0 Å². The molecule has 100 valence electrons. The summed E-state index contributed by atoms with van der Waals surface area (Å²) in [7, 11) is 0. The molecule has 0 saturated carbocycles. The van der Waals surface area contributed by atoms with Gasteiger partial charge in [-0.15, -0.1) is 0 Å². The molecule has 0 fully saturated rings. The Hall–Kier alpha value is -1.18. The summed E-state index contributed by atoms with van der Waals surface area (Å²) in [5.74, 6) is 0.197. The molecule has 0 atom stereocenters. The summed E-state index contributed by atoms with van der Waals surface area (Å²) < 4.78 is 0. The van der Waals surface area contributed by atoms with E-state index < -0.39 is 0 Å². The molecular weight excluding hydrogens is 222 g/mol. The molecule has 0 aliphatic carbocycles. The van der Waals surface area contributed by atoms with Gasteiger partial charge in [-0.1, -0.05) is 45.1 Å². The molecule has 1 heterocycles. The molecule has 1 rings (SSSR count). The quantitative estimate of drug-likeness (QED) is 0.495. The number of carbonyl (C=O) groups excluding carboxylic acids is 1. The maximum absolute atomic E-state index is 12.0. The summed E-state index contributed by atoms with van der Waals surface area (Å²) in [4.78, 5) is 16.3. The van der Waals surface area contributed by atoms with Gasteiger partial charge in [0.1, 0.15) is 5.69 Å². The highest BCUT2D eigenvalue weighted by Gasteiger charge is 2.10. The average Bonchev–Trinajstić information content (AvgIpc) is 2.33. The van der Waals surface area contributed by atoms with Crippen molar-refractivity contribution in [3.63, 3.8) is 0 Å². The molecule has 0 spiro atoms. The van der Waals surface area contributed by atoms with Crippen molar-refractivity contribution in [2.45, 2.75) is 65.7 Å². The second kappa shape index (κ2) is 8.02. The van der Waals surface area contributed by atoms with Gasteiger partial charge in [0, 0.05) is 12.6 Å². The van der Waals surface area contributed by atoms with E-state index in [1.807, 2.05) is 19.9 Å². The first kappa shape index (κ1) is 14.9. The van der Waals surface area contributed by atoms with Crippen LogP contribution in [0.15, 0.2) is 12.3 Å². The minimum atomic E-state index is 0.197. The van der Waals surface area contributed by atoms with Crippen LogP contribution in [-0.4, -0.2) is 10.8 Å². The number of pyridine rings is 1. The summed E-state index contributed by atoms with van der Waals surface area (Å²) in [6.07, 6.45) is 9.71. The number of rotatable bonds is 8. The second-order valence-electron chi connectivity index (χ2n) is 5.12. The number of hydrogen-bond acceptors (Lipinski definition) is 2. The highest BCUT2D eigenvalue weighted by atomic mass is 16.1. The second-order valence-corrected chi connectivity index (χ2v) is 5.12. The van der Waals surface area contributed by atoms with Crippen LogP contribution in [-0.2, 0) is 0 Å². The van der Waals surface area contributed by atoms with Gasteiger partial charge in [0.25, 0.3) is 0 Å². The third-order valence-corrected chi connectivity index (χ3v) is 3.24. The predicted octanol–water partition coefficient (Wildman–Crippen LogP) is 4.63. The van der Waals surface area contributed by atoms with E-state index in [-0.39, 0.29) is 5.78 Å². The summed E-state index contributed by atoms with van der Waals surface area (Å²) in [5, 5.41) is 0. The fourth-order valence-corrected chi connectivity index (χ4v) is 2.19. The Morgan fingerprint density at radius 3 is 2.44 bits per heavy atom. The molecule has 0 saturated heterocycles. The van der Waals surface area contributed by atoms with Gasteiger partial charge in [-0.3, -0.25) is 9.78 Å². The number of nitrogens with zero attached hydrogens (tertiary/aromatic N) is 1. The van der Waals surface area contributed by atoms with Crippen LogP contribution in [0.4, 0.5) is 0 Å². The molecule has 0 amide bonds. The third-order valence-electron chi connectivity index (χ3n) is 3.24. The molecule has 2 nitrogen and oxygen atoms in total. The number of Topliss-reactive ketones (excluding diaryl/α,β-unsaturated/α-hetero) is 1. The van der Waals surface area contributed by atoms with Gasteiger partial charge in [-0.05, 0) is 31.4 Å². The van der Waals surface area contributed by atoms with E-state index in [0.29, 0.717) is 12.1 Å². The predicted molar refractivity (Wildman–Crippen MR) is 76.0 cm³/mol. The molecule has 0 N–H and O–H groups in total. The zero-order chi connectivity index (χ0) is 13.4. The third kappa shape index (κ3) is 4.99. The van der Waals surface area contributed by atoms with Crippen LogP contribution in [0.5, 0.6) is 0 Å². The van der Waals surface area contributed by atoms with Crippen molar-refractivity contribution in [1.29, 1.82) is 0 Å². The first-order valence-electron chi connectivity index (χ1n) is 7.11. The Labute approximate surface area is 111 Å². The molecule has 0 radical (unpaired) electrons. The molecule has 0 unspecified atom stereocenters. The van der Waals surface area contributed by atoms with Gasteiger partial charge in [-0.25, -0.2) is 0 Å². The smallest absolute Gasteiger partial charge is 0.181 e. The van der Waals surface area contributed by atoms with Crippen LogP contribution in [0.1, 0.15) is 73.5 Å². The fourth-order valence-electron chi connectivity index (χ4n) is 2.19. The highest BCUT2D eigenvalue weighted by molar-refractivity contribution is 5.95. The number of ketones is 1. The van der Waals surface area contributed by atoms with Gasteiger partial charge in [0.2, 0.25) is 0 Å². The van der Waals surface area contributed by atoms with Gasteiger partial charge in [0.15, 0.2) is 5.78 Å². The van der Waals surface area contributed by atoms with Crippen molar-refractivity contribution >= 4 is 5.78 Å². The van der Waals surface area contributed by atoms with E-state index in [2.05, 4.69) is 11.9 Å². The Balaban J connectivity index is 2.32. The first-order chi connectivity index (χ1) is 8.65. The van der Waals surface area contributed by atoms with Crippen LogP contribution in [0.2, 0.25) is 0 Å². The SMILES string of the molecule is CCCCCCCCC(=O)c1ncc(C)cc1C. The lowest BCUT2D eigenvalue weighted by Gasteiger charge is -2.05. The molecule has 18 heavy (non-hydrogen) atoms. The lowest BCUT2D eigenvalue weighted by molar-refractivity contribution is 0.0973. The monoisotopic (exact) mass is 247 g/mol. The van der Waals surface area contributed by atoms with Gasteiger partial charge in [0.05, 0.1) is 0 Å². The van der Waals surface area contributed by atoms with E-state index in [4.69, 9.17) is 0 Å². The Bertz CT molecular complexity index is 385. The Morgan fingerprint density at radius 2 is 1.78 bits per heavy atom. The van der Waals surface area contributed by atoms with Crippen molar-refractivity contribution < 1.29 is 4.79 Å². The van der Waals surface area contributed by atoms with Crippen molar-refractivity contribution in [3.8, 4) is 0 Å². The van der Waals surface area contributed by atoms with Crippen LogP contribution in [0.3, 0.4) is 0 Å². The normalized spacial score (nSPS) is 10.6. The summed E-state index contributed by atoms with van der Waals surface area (Å²) >= 11 is 0. The molecule has 0 aliphatic heterocycles. The largest absolute Gasteiger partial charge is 0.292 e. The Kier molecular flexibility index (Phi) is 6.63. The summed E-state index contributed by atoms with van der Waals surface area (Å²) in [6.45, 7) is 6.19. The van der Waals surface area contributed by atoms with Crippen molar-refractivity contribution in [2.24, 2.45) is 0 Å². The van der Waals surface area contributed by atoms with Crippen LogP contribution in [0.25, 0.3) is 0 Å². The zero-order valence-corrected chi connectivity index (χ0v) is 12.0. The van der Waals surface area contributed by atoms with Gasteiger partial charge < -0.3 is 0 Å². The van der Waals surface area contributed by atoms with E-state index in [1.165, 1.54) is 25.7 Å². The number of unbranched alkanes of at least 4 members (excludes halogenated alkanes) is 5. The minimum Gasteiger partial charge on any atom is -0.292 e. The maximum Gasteiger partial charge on any atom is 0.181 e. The first-order valence-corrected chi connectivity index (χ1v) is 7.11. The molecular formula is C16H25NO. The van der Waals surface area contributed by atoms with E-state index in [9.17, 15) is 4.79 Å². The maximum atomic E-state index is 12.0. The van der Waals surface area contributed by atoms with Crippen LogP contribution >= 0.6 is 0 Å².